The molecule has 0 amide bonds. The number of ether oxygens (including phenoxy) is 1. The minimum Gasteiger partial charge on any atom is -0.379 e. The molecule has 2 aliphatic rings. The Labute approximate surface area is 112 Å². The maximum absolute atomic E-state index is 12.5. The molecule has 2 atom stereocenters. The lowest BCUT2D eigenvalue weighted by Crippen LogP contribution is -2.79. The minimum atomic E-state index is -2.98. The fraction of sp³-hybridized carbons (Fsp3) is 1.00. The zero-order chi connectivity index (χ0) is 13.8. The predicted molar refractivity (Wildman–Crippen MR) is 76.3 cm³/mol. The minimum absolute atomic E-state index is 0.127. The topological polar surface area (TPSA) is 46.6 Å². The van der Waals surface area contributed by atoms with Crippen molar-refractivity contribution in [2.45, 2.75) is 49.2 Å². The molecule has 0 unspecified atom stereocenters. The monoisotopic (exact) mass is 291 g/mol. The van der Waals surface area contributed by atoms with Crippen LogP contribution in [-0.4, -0.2) is 63.4 Å². The van der Waals surface area contributed by atoms with E-state index in [9.17, 15) is 8.42 Å². The average molecular weight is 291 g/mol. The van der Waals surface area contributed by atoms with Gasteiger partial charge in [-0.05, 0) is 13.8 Å². The predicted octanol–water partition coefficient (Wildman–Crippen LogP) is 1.14. The molecule has 6 heteroatoms. The SMILES string of the molecule is CC1(C)[C@H](N2CCOCC2)[C@@H]([Si](C)(C)C)S1(=O)=O. The van der Waals surface area contributed by atoms with Crippen LogP contribution in [0.5, 0.6) is 0 Å². The number of hydrogen-bond acceptors (Lipinski definition) is 4. The van der Waals surface area contributed by atoms with Gasteiger partial charge in [0.1, 0.15) is 0 Å². The van der Waals surface area contributed by atoms with Crippen molar-refractivity contribution in [3.8, 4) is 0 Å². The Morgan fingerprint density at radius 3 is 2.11 bits per heavy atom. The molecule has 0 bridgehead atoms. The van der Waals surface area contributed by atoms with Gasteiger partial charge in [0.2, 0.25) is 0 Å². The molecule has 0 N–H and O–H groups in total. The van der Waals surface area contributed by atoms with Gasteiger partial charge in [-0.2, -0.15) is 0 Å². The normalized spacial score (nSPS) is 36.1. The van der Waals surface area contributed by atoms with E-state index < -0.39 is 22.7 Å². The molecular formula is C12H25NO3SSi. The first-order valence-electron chi connectivity index (χ1n) is 6.65. The first-order valence-corrected chi connectivity index (χ1v) is 11.8. The van der Waals surface area contributed by atoms with Gasteiger partial charge in [-0.25, -0.2) is 8.42 Å². The van der Waals surface area contributed by atoms with Crippen molar-refractivity contribution in [1.82, 2.24) is 4.90 Å². The second-order valence-electron chi connectivity index (χ2n) is 7.03. The van der Waals surface area contributed by atoms with E-state index in [4.69, 9.17) is 4.74 Å². The van der Waals surface area contributed by atoms with Crippen molar-refractivity contribution in [3.63, 3.8) is 0 Å². The van der Waals surface area contributed by atoms with Crippen molar-refractivity contribution < 1.29 is 13.2 Å². The van der Waals surface area contributed by atoms with E-state index >= 15 is 0 Å². The van der Waals surface area contributed by atoms with E-state index in [-0.39, 0.29) is 10.9 Å². The summed E-state index contributed by atoms with van der Waals surface area (Å²) in [7, 11) is -4.69. The fourth-order valence-electron chi connectivity index (χ4n) is 3.38. The van der Waals surface area contributed by atoms with Gasteiger partial charge >= 0.3 is 0 Å². The average Bonchev–Trinajstić information content (AvgIpc) is 2.24. The molecular weight excluding hydrogens is 266 g/mol. The van der Waals surface area contributed by atoms with Crippen molar-refractivity contribution in [2.75, 3.05) is 26.3 Å². The van der Waals surface area contributed by atoms with Crippen molar-refractivity contribution in [3.05, 3.63) is 0 Å². The molecule has 2 fully saturated rings. The molecule has 2 heterocycles. The maximum Gasteiger partial charge on any atom is 0.158 e. The Bertz CT molecular complexity index is 421. The second-order valence-corrected chi connectivity index (χ2v) is 15.5. The van der Waals surface area contributed by atoms with Crippen LogP contribution >= 0.6 is 0 Å². The molecule has 4 nitrogen and oxygen atoms in total. The molecule has 0 radical (unpaired) electrons. The third kappa shape index (κ3) is 1.97. The van der Waals surface area contributed by atoms with Gasteiger partial charge in [0, 0.05) is 19.1 Å². The van der Waals surface area contributed by atoms with Gasteiger partial charge in [0.25, 0.3) is 0 Å². The highest BCUT2D eigenvalue weighted by atomic mass is 32.2. The van der Waals surface area contributed by atoms with Crippen LogP contribution < -0.4 is 0 Å². The first-order chi connectivity index (χ1) is 8.10. The van der Waals surface area contributed by atoms with Crippen molar-refractivity contribution in [1.29, 1.82) is 0 Å². The largest absolute Gasteiger partial charge is 0.379 e. The summed E-state index contributed by atoms with van der Waals surface area (Å²) in [5.74, 6) is 0. The smallest absolute Gasteiger partial charge is 0.158 e. The zero-order valence-electron chi connectivity index (χ0n) is 12.1. The van der Waals surface area contributed by atoms with Crippen LogP contribution in [-0.2, 0) is 14.6 Å². The fourth-order valence-corrected chi connectivity index (χ4v) is 11.6. The van der Waals surface area contributed by atoms with Crippen LogP contribution in [0.15, 0.2) is 0 Å². The lowest BCUT2D eigenvalue weighted by atomic mass is 10.0. The third-order valence-electron chi connectivity index (χ3n) is 4.36. The van der Waals surface area contributed by atoms with E-state index in [0.717, 1.165) is 26.3 Å². The van der Waals surface area contributed by atoms with Gasteiger partial charge in [-0.1, -0.05) is 19.6 Å². The third-order valence-corrected chi connectivity index (χ3v) is 12.1. The van der Waals surface area contributed by atoms with E-state index in [1.807, 2.05) is 13.8 Å². The highest BCUT2D eigenvalue weighted by Gasteiger charge is 2.67. The Kier molecular flexibility index (Phi) is 3.46. The molecule has 2 aliphatic heterocycles. The van der Waals surface area contributed by atoms with Crippen LogP contribution in [0.25, 0.3) is 0 Å². The van der Waals surface area contributed by atoms with Gasteiger partial charge in [0.15, 0.2) is 9.84 Å². The highest BCUT2D eigenvalue weighted by Crippen LogP contribution is 2.47. The molecule has 2 rings (SSSR count). The summed E-state index contributed by atoms with van der Waals surface area (Å²) in [6.45, 7) is 13.5. The Morgan fingerprint density at radius 2 is 1.67 bits per heavy atom. The van der Waals surface area contributed by atoms with Gasteiger partial charge < -0.3 is 4.74 Å². The maximum atomic E-state index is 12.5. The molecule has 0 spiro atoms. The summed E-state index contributed by atoms with van der Waals surface area (Å²) in [6, 6.07) is 0.179. The van der Waals surface area contributed by atoms with Crippen LogP contribution in [0.4, 0.5) is 0 Å². The lowest BCUT2D eigenvalue weighted by molar-refractivity contribution is 0.00615. The van der Waals surface area contributed by atoms with Crippen molar-refractivity contribution in [2.24, 2.45) is 0 Å². The number of nitrogens with zero attached hydrogens (tertiary/aromatic N) is 1. The number of rotatable bonds is 2. The standard InChI is InChI=1S/C12H25NO3SSi/c1-12(2)10(13-6-8-16-9-7-13)11(17(12,14)15)18(3,4)5/h10-11H,6-9H2,1-5H3/t10-,11-/m1/s1. The highest BCUT2D eigenvalue weighted by molar-refractivity contribution is 7.97. The Balaban J connectivity index is 2.32. The van der Waals surface area contributed by atoms with E-state index in [1.165, 1.54) is 0 Å². The summed E-state index contributed by atoms with van der Waals surface area (Å²) in [5.41, 5.74) is 0. The molecule has 106 valence electrons. The number of hydrogen-bond donors (Lipinski definition) is 0. The molecule has 0 aromatic carbocycles. The molecule has 0 aliphatic carbocycles. The number of sulfone groups is 1. The van der Waals surface area contributed by atoms with E-state index in [1.54, 1.807) is 0 Å². The van der Waals surface area contributed by atoms with Gasteiger partial charge in [-0.15, -0.1) is 0 Å². The number of morpholine rings is 1. The van der Waals surface area contributed by atoms with Crippen molar-refractivity contribution >= 4 is 17.9 Å². The Morgan fingerprint density at radius 1 is 1.17 bits per heavy atom. The van der Waals surface area contributed by atoms with Crippen LogP contribution in [0.2, 0.25) is 19.6 Å². The molecule has 0 aromatic rings. The first kappa shape index (κ1) is 14.5. The quantitative estimate of drug-likeness (QED) is 0.716. The van der Waals surface area contributed by atoms with Crippen LogP contribution in [0.1, 0.15) is 13.8 Å². The van der Waals surface area contributed by atoms with Gasteiger partial charge in [0.05, 0.1) is 30.9 Å². The molecule has 18 heavy (non-hydrogen) atoms. The van der Waals surface area contributed by atoms with Gasteiger partial charge in [-0.3, -0.25) is 4.90 Å². The molecule has 0 saturated carbocycles. The molecule has 2 saturated heterocycles. The lowest BCUT2D eigenvalue weighted by Gasteiger charge is -2.59. The summed E-state index contributed by atoms with van der Waals surface area (Å²) < 4.78 is 29.9. The second kappa shape index (κ2) is 4.29. The molecule has 0 aromatic heterocycles. The zero-order valence-corrected chi connectivity index (χ0v) is 13.9. The van der Waals surface area contributed by atoms with Crippen LogP contribution in [0, 0.1) is 0 Å². The summed E-state index contributed by atoms with van der Waals surface area (Å²) in [6.07, 6.45) is 0. The summed E-state index contributed by atoms with van der Waals surface area (Å²) in [5, 5.41) is 0. The van der Waals surface area contributed by atoms with E-state index in [0.29, 0.717) is 0 Å². The Hall–Kier alpha value is 0.0869. The summed E-state index contributed by atoms with van der Waals surface area (Å²) in [4.78, 5) is 2.21. The summed E-state index contributed by atoms with van der Waals surface area (Å²) >= 11 is 0. The van der Waals surface area contributed by atoms with E-state index in [2.05, 4.69) is 24.5 Å². The van der Waals surface area contributed by atoms with Crippen LogP contribution in [0.3, 0.4) is 0 Å².